The monoisotopic (exact) mass is 347 g/mol. The van der Waals surface area contributed by atoms with Gasteiger partial charge in [0.2, 0.25) is 5.28 Å². The van der Waals surface area contributed by atoms with E-state index in [0.717, 1.165) is 34.5 Å². The third kappa shape index (κ3) is 3.57. The highest BCUT2D eigenvalue weighted by atomic mass is 35.5. The molecule has 0 unspecified atom stereocenters. The van der Waals surface area contributed by atoms with Gasteiger partial charge in [0.15, 0.2) is 0 Å². The lowest BCUT2D eigenvalue weighted by atomic mass is 10.2. The molecule has 0 spiro atoms. The fraction of sp³-hybridized carbons (Fsp3) is 0.294. The lowest BCUT2D eigenvalue weighted by Gasteiger charge is -2.12. The largest absolute Gasteiger partial charge is 0.491 e. The molecule has 0 saturated carbocycles. The standard InChI is InChI=1S/C17H18ClN3OS/c1-3-9-22-14-8-6-5-7-13(14)19-15-12-10-11(4-2)23-16(12)21-17(18)20-15/h5-8,10H,3-4,9H2,1-2H3,(H,19,20,21). The number of halogens is 1. The summed E-state index contributed by atoms with van der Waals surface area (Å²) in [5.41, 5.74) is 0.876. The SMILES string of the molecule is CCCOc1ccccc1Nc1nc(Cl)nc2sc(CC)cc12. The zero-order valence-electron chi connectivity index (χ0n) is 13.1. The van der Waals surface area contributed by atoms with Crippen LogP contribution in [0.15, 0.2) is 30.3 Å². The van der Waals surface area contributed by atoms with E-state index in [2.05, 4.69) is 35.2 Å². The average Bonchev–Trinajstić information content (AvgIpc) is 2.97. The van der Waals surface area contributed by atoms with E-state index in [0.29, 0.717) is 12.4 Å². The molecule has 6 heteroatoms. The van der Waals surface area contributed by atoms with Crippen molar-refractivity contribution in [2.45, 2.75) is 26.7 Å². The first-order valence-corrected chi connectivity index (χ1v) is 8.85. The van der Waals surface area contributed by atoms with E-state index in [1.807, 2.05) is 24.3 Å². The summed E-state index contributed by atoms with van der Waals surface area (Å²) in [4.78, 5) is 10.8. The second kappa shape index (κ2) is 7.15. The van der Waals surface area contributed by atoms with Gasteiger partial charge in [-0.3, -0.25) is 0 Å². The van der Waals surface area contributed by atoms with Gasteiger partial charge < -0.3 is 10.1 Å². The molecule has 3 rings (SSSR count). The van der Waals surface area contributed by atoms with Crippen molar-refractivity contribution >= 4 is 44.7 Å². The molecule has 0 atom stereocenters. The van der Waals surface area contributed by atoms with Gasteiger partial charge in [-0.25, -0.2) is 4.98 Å². The predicted molar refractivity (Wildman–Crippen MR) is 97.3 cm³/mol. The number of nitrogens with one attached hydrogen (secondary N) is 1. The van der Waals surface area contributed by atoms with Crippen LogP contribution in [0.5, 0.6) is 5.75 Å². The Morgan fingerprint density at radius 2 is 2.04 bits per heavy atom. The average molecular weight is 348 g/mol. The summed E-state index contributed by atoms with van der Waals surface area (Å²) in [6.07, 6.45) is 1.93. The molecule has 0 aliphatic carbocycles. The molecule has 3 aromatic rings. The fourth-order valence-electron chi connectivity index (χ4n) is 2.25. The van der Waals surface area contributed by atoms with Gasteiger partial charge in [0.1, 0.15) is 16.4 Å². The van der Waals surface area contributed by atoms with E-state index < -0.39 is 0 Å². The summed E-state index contributed by atoms with van der Waals surface area (Å²) in [7, 11) is 0. The summed E-state index contributed by atoms with van der Waals surface area (Å²) in [6.45, 7) is 4.89. The highest BCUT2D eigenvalue weighted by Gasteiger charge is 2.12. The molecule has 1 N–H and O–H groups in total. The van der Waals surface area contributed by atoms with Crippen LogP contribution in [0.1, 0.15) is 25.1 Å². The van der Waals surface area contributed by atoms with Crippen molar-refractivity contribution in [3.05, 3.63) is 40.5 Å². The van der Waals surface area contributed by atoms with Gasteiger partial charge in [-0.1, -0.05) is 26.0 Å². The number of ether oxygens (including phenoxy) is 1. The van der Waals surface area contributed by atoms with Crippen LogP contribution in [-0.2, 0) is 6.42 Å². The number of fused-ring (bicyclic) bond motifs is 1. The second-order valence-electron chi connectivity index (χ2n) is 5.10. The third-order valence-electron chi connectivity index (χ3n) is 3.37. The van der Waals surface area contributed by atoms with E-state index in [4.69, 9.17) is 16.3 Å². The highest BCUT2D eigenvalue weighted by molar-refractivity contribution is 7.18. The molecule has 0 bridgehead atoms. The molecule has 0 fully saturated rings. The highest BCUT2D eigenvalue weighted by Crippen LogP contribution is 2.34. The Morgan fingerprint density at radius 3 is 2.83 bits per heavy atom. The zero-order valence-corrected chi connectivity index (χ0v) is 14.7. The molecule has 0 saturated heterocycles. The number of rotatable bonds is 6. The normalized spacial score (nSPS) is 10.9. The summed E-state index contributed by atoms with van der Waals surface area (Å²) >= 11 is 7.73. The molecular formula is C17H18ClN3OS. The molecule has 0 amide bonds. The summed E-state index contributed by atoms with van der Waals surface area (Å²) < 4.78 is 5.79. The Kier molecular flexibility index (Phi) is 4.98. The van der Waals surface area contributed by atoms with Crippen molar-refractivity contribution in [3.8, 4) is 5.75 Å². The molecule has 4 nitrogen and oxygen atoms in total. The number of benzene rings is 1. The Morgan fingerprint density at radius 1 is 1.22 bits per heavy atom. The molecular weight excluding hydrogens is 330 g/mol. The summed E-state index contributed by atoms with van der Waals surface area (Å²) in [6, 6.07) is 9.96. The van der Waals surface area contributed by atoms with E-state index in [1.54, 1.807) is 11.3 Å². The Balaban J connectivity index is 2.00. The van der Waals surface area contributed by atoms with E-state index >= 15 is 0 Å². The van der Waals surface area contributed by atoms with Crippen molar-refractivity contribution in [2.24, 2.45) is 0 Å². The molecule has 120 valence electrons. The number of hydrogen-bond donors (Lipinski definition) is 1. The third-order valence-corrected chi connectivity index (χ3v) is 4.71. The Hall–Kier alpha value is -1.85. The van der Waals surface area contributed by atoms with E-state index in [-0.39, 0.29) is 5.28 Å². The molecule has 2 heterocycles. The molecule has 1 aromatic carbocycles. The first-order chi connectivity index (χ1) is 11.2. The first kappa shape index (κ1) is 16.0. The maximum absolute atomic E-state index is 6.08. The van der Waals surface area contributed by atoms with Crippen LogP contribution in [0, 0.1) is 0 Å². The lowest BCUT2D eigenvalue weighted by Crippen LogP contribution is -2.01. The zero-order chi connectivity index (χ0) is 16.2. The minimum absolute atomic E-state index is 0.247. The smallest absolute Gasteiger partial charge is 0.225 e. The van der Waals surface area contributed by atoms with Crippen molar-refractivity contribution in [1.82, 2.24) is 9.97 Å². The van der Waals surface area contributed by atoms with Gasteiger partial charge in [-0.05, 0) is 42.6 Å². The molecule has 0 aliphatic rings. The van der Waals surface area contributed by atoms with Gasteiger partial charge in [0, 0.05) is 4.88 Å². The lowest BCUT2D eigenvalue weighted by molar-refractivity contribution is 0.319. The van der Waals surface area contributed by atoms with Gasteiger partial charge in [0.25, 0.3) is 0 Å². The number of aromatic nitrogens is 2. The molecule has 23 heavy (non-hydrogen) atoms. The van der Waals surface area contributed by atoms with Crippen LogP contribution in [0.25, 0.3) is 10.2 Å². The molecule has 0 aliphatic heterocycles. The maximum atomic E-state index is 6.08. The molecule has 0 radical (unpaired) electrons. The number of aryl methyl sites for hydroxylation is 1. The Bertz CT molecular complexity index is 819. The van der Waals surface area contributed by atoms with Crippen molar-refractivity contribution < 1.29 is 4.74 Å². The number of nitrogens with zero attached hydrogens (tertiary/aromatic N) is 2. The number of thiophene rings is 1. The summed E-state index contributed by atoms with van der Waals surface area (Å²) in [5.74, 6) is 1.52. The maximum Gasteiger partial charge on any atom is 0.225 e. The summed E-state index contributed by atoms with van der Waals surface area (Å²) in [5, 5.41) is 4.58. The minimum atomic E-state index is 0.247. The van der Waals surface area contributed by atoms with E-state index in [9.17, 15) is 0 Å². The number of para-hydroxylation sites is 2. The Labute approximate surface area is 144 Å². The van der Waals surface area contributed by atoms with Crippen LogP contribution in [0.3, 0.4) is 0 Å². The predicted octanol–water partition coefficient (Wildman–Crippen LogP) is 5.44. The number of anilines is 2. The fourth-order valence-corrected chi connectivity index (χ4v) is 3.44. The topological polar surface area (TPSA) is 47.0 Å². The molecule has 2 aromatic heterocycles. The van der Waals surface area contributed by atoms with Crippen LogP contribution in [0.4, 0.5) is 11.5 Å². The van der Waals surface area contributed by atoms with Crippen LogP contribution < -0.4 is 10.1 Å². The number of hydrogen-bond acceptors (Lipinski definition) is 5. The van der Waals surface area contributed by atoms with Crippen molar-refractivity contribution in [1.29, 1.82) is 0 Å². The van der Waals surface area contributed by atoms with E-state index in [1.165, 1.54) is 4.88 Å². The van der Waals surface area contributed by atoms with Crippen LogP contribution >= 0.6 is 22.9 Å². The van der Waals surface area contributed by atoms with Gasteiger partial charge in [-0.15, -0.1) is 11.3 Å². The quantitative estimate of drug-likeness (QED) is 0.603. The van der Waals surface area contributed by atoms with Crippen molar-refractivity contribution in [3.63, 3.8) is 0 Å². The minimum Gasteiger partial charge on any atom is -0.491 e. The van der Waals surface area contributed by atoms with Crippen LogP contribution in [0.2, 0.25) is 5.28 Å². The van der Waals surface area contributed by atoms with Crippen molar-refractivity contribution in [2.75, 3.05) is 11.9 Å². The van der Waals surface area contributed by atoms with Gasteiger partial charge >= 0.3 is 0 Å². The van der Waals surface area contributed by atoms with Gasteiger partial charge in [0.05, 0.1) is 17.7 Å². The van der Waals surface area contributed by atoms with Gasteiger partial charge in [-0.2, -0.15) is 4.98 Å². The first-order valence-electron chi connectivity index (χ1n) is 7.66. The second-order valence-corrected chi connectivity index (χ2v) is 6.55. The van der Waals surface area contributed by atoms with Crippen LogP contribution in [-0.4, -0.2) is 16.6 Å².